The molecular formula is C34H16F34O6. The van der Waals surface area contributed by atoms with Crippen molar-refractivity contribution in [2.45, 2.75) is 129 Å². The van der Waals surface area contributed by atoms with Gasteiger partial charge in [0, 0.05) is 12.2 Å². The highest BCUT2D eigenvalue weighted by molar-refractivity contribution is 5.82. The van der Waals surface area contributed by atoms with Gasteiger partial charge >= 0.3 is 117 Å². The summed E-state index contributed by atoms with van der Waals surface area (Å²) in [7, 11) is 0. The van der Waals surface area contributed by atoms with E-state index in [9.17, 15) is 62.3 Å². The number of ether oxygens (including phenoxy) is 4. The Morgan fingerprint density at radius 1 is 0.338 bits per heavy atom. The lowest BCUT2D eigenvalue weighted by Crippen LogP contribution is -3.09. The van der Waals surface area contributed by atoms with Gasteiger partial charge in [0.2, 0.25) is 10.8 Å². The second kappa shape index (κ2) is 14.2. The van der Waals surface area contributed by atoms with E-state index in [4.69, 9.17) is 0 Å². The molecule has 2 unspecified atom stereocenters. The van der Waals surface area contributed by atoms with Crippen LogP contribution in [-0.4, -0.2) is 168 Å². The van der Waals surface area contributed by atoms with Gasteiger partial charge < -0.3 is 18.9 Å². The summed E-state index contributed by atoms with van der Waals surface area (Å²) in [4.78, 5) is 24.1. The maximum absolute atomic E-state index is 15.9. The van der Waals surface area contributed by atoms with Crippen LogP contribution in [0.2, 0.25) is 0 Å². The van der Waals surface area contributed by atoms with Crippen LogP contribution in [0.1, 0.15) is 0 Å². The van der Waals surface area contributed by atoms with Crippen molar-refractivity contribution in [3.05, 3.63) is 25.3 Å². The zero-order valence-corrected chi connectivity index (χ0v) is 33.9. The van der Waals surface area contributed by atoms with Crippen molar-refractivity contribution in [3.63, 3.8) is 0 Å². The zero-order valence-electron chi connectivity index (χ0n) is 33.9. The Balaban J connectivity index is 1.42. The highest BCUT2D eigenvalue weighted by atomic mass is 19.4. The van der Waals surface area contributed by atoms with Gasteiger partial charge in [0.05, 0.1) is 13.2 Å². The van der Waals surface area contributed by atoms with Crippen LogP contribution in [0.15, 0.2) is 25.3 Å². The minimum absolute atomic E-state index is 0.268. The number of carbonyl (C=O) groups is 2. The summed E-state index contributed by atoms with van der Waals surface area (Å²) in [5.41, 5.74) is -69.2. The van der Waals surface area contributed by atoms with E-state index < -0.39 is 178 Å². The Morgan fingerprint density at radius 3 is 0.649 bits per heavy atom. The second-order valence-electron chi connectivity index (χ2n) is 17.1. The Bertz CT molecular complexity index is 2040. The Kier molecular flexibility index (Phi) is 11.3. The molecule has 0 aromatic carbocycles. The van der Waals surface area contributed by atoms with Crippen LogP contribution in [0.4, 0.5) is 149 Å². The van der Waals surface area contributed by atoms with E-state index in [2.05, 4.69) is 32.1 Å². The molecule has 0 saturated heterocycles. The molecule has 426 valence electrons. The van der Waals surface area contributed by atoms with Crippen molar-refractivity contribution in [3.8, 4) is 0 Å². The van der Waals surface area contributed by atoms with Gasteiger partial charge in [-0.2, -0.15) is 52.7 Å². The maximum atomic E-state index is 15.9. The third-order valence-electron chi connectivity index (χ3n) is 14.1. The van der Waals surface area contributed by atoms with Crippen LogP contribution in [-0.2, 0) is 28.5 Å². The van der Waals surface area contributed by atoms with E-state index >= 15 is 96.6 Å². The fourth-order valence-corrected chi connectivity index (χ4v) is 10.7. The van der Waals surface area contributed by atoms with Gasteiger partial charge in [0.15, 0.2) is 12.2 Å². The molecule has 0 heterocycles. The number of esters is 2. The molecule has 8 fully saturated rings. The molecule has 0 aromatic heterocycles. The summed E-state index contributed by atoms with van der Waals surface area (Å²) < 4.78 is 537. The summed E-state index contributed by atoms with van der Waals surface area (Å²) in [6.07, 6.45) is -7.80. The molecule has 0 N–H and O–H groups in total. The monoisotopic (exact) mass is 1170 g/mol. The van der Waals surface area contributed by atoms with Crippen molar-refractivity contribution in [1.82, 2.24) is 0 Å². The standard InChI is InChI=1S/C34H16F34O6/c1-3-11(69)73-9(5-71-7-13(35,36)15-23(45,46)17(39)29(57,58)18(40,24(15,47)48)31(61,62)19(41,25(15,49)50)30(17,59)60)10(74-12(70)4-2)6-72-8-14(37,38)16-26(51,52)20(42)32(63,64)21(43,27(16,53)54)34(67,68)22(44,28(16,55)56)33(20,65)66/h3-4,9-10H,1-2,5-8H2. The quantitative estimate of drug-likeness (QED) is 0.0925. The van der Waals surface area contributed by atoms with Crippen molar-refractivity contribution in [2.75, 3.05) is 26.4 Å². The van der Waals surface area contributed by atoms with Gasteiger partial charge in [0.1, 0.15) is 13.2 Å². The van der Waals surface area contributed by atoms with E-state index in [1.807, 2.05) is 0 Å². The molecule has 0 aromatic rings. The first-order valence-electron chi connectivity index (χ1n) is 18.6. The molecule has 8 saturated carbocycles. The topological polar surface area (TPSA) is 71.1 Å². The van der Waals surface area contributed by atoms with Crippen molar-refractivity contribution in [2.24, 2.45) is 10.8 Å². The molecule has 0 spiro atoms. The molecule has 8 rings (SSSR count). The Morgan fingerprint density at radius 2 is 0.500 bits per heavy atom. The third-order valence-corrected chi connectivity index (χ3v) is 14.1. The predicted octanol–water partition coefficient (Wildman–Crippen LogP) is 10.4. The number of hydrogen-bond acceptors (Lipinski definition) is 6. The van der Waals surface area contributed by atoms with Crippen LogP contribution in [0, 0.1) is 10.8 Å². The second-order valence-corrected chi connectivity index (χ2v) is 17.1. The van der Waals surface area contributed by atoms with E-state index in [-0.39, 0.29) is 12.2 Å². The highest BCUT2D eigenvalue weighted by Gasteiger charge is 3.26. The van der Waals surface area contributed by atoms with Crippen LogP contribution < -0.4 is 0 Å². The number of halogens is 34. The molecule has 6 nitrogen and oxygen atoms in total. The van der Waals surface area contributed by atoms with E-state index in [1.54, 1.807) is 0 Å². The summed E-state index contributed by atoms with van der Waals surface area (Å²) >= 11 is 0. The van der Waals surface area contributed by atoms with Gasteiger partial charge in [-0.25, -0.2) is 106 Å². The van der Waals surface area contributed by atoms with Crippen molar-refractivity contribution in [1.29, 1.82) is 0 Å². The molecule has 8 aliphatic rings. The Hall–Kier alpha value is -4.04. The molecule has 0 aliphatic heterocycles. The number of carbonyl (C=O) groups excluding carboxylic acids is 2. The molecule has 40 heteroatoms. The van der Waals surface area contributed by atoms with E-state index in [0.29, 0.717) is 0 Å². The van der Waals surface area contributed by atoms with Gasteiger partial charge in [-0.1, -0.05) is 13.2 Å². The van der Waals surface area contributed by atoms with E-state index in [1.165, 1.54) is 0 Å². The lowest BCUT2D eigenvalue weighted by atomic mass is 9.35. The van der Waals surface area contributed by atoms with Gasteiger partial charge in [-0.05, 0) is 0 Å². The van der Waals surface area contributed by atoms with Crippen molar-refractivity contribution >= 4 is 11.9 Å². The number of rotatable bonds is 15. The smallest absolute Gasteiger partial charge is 0.339 e. The maximum Gasteiger partial charge on any atom is 0.339 e. The minimum atomic E-state index is -8.85. The van der Waals surface area contributed by atoms with Crippen LogP contribution in [0.3, 0.4) is 0 Å². The van der Waals surface area contributed by atoms with Gasteiger partial charge in [-0.3, -0.25) is 0 Å². The van der Waals surface area contributed by atoms with E-state index in [0.717, 1.165) is 0 Å². The van der Waals surface area contributed by atoms with Crippen molar-refractivity contribution < 1.29 is 178 Å². The summed E-state index contributed by atoms with van der Waals surface area (Å²) in [6.45, 7) is -9.20. The highest BCUT2D eigenvalue weighted by Crippen LogP contribution is 2.94. The lowest BCUT2D eigenvalue weighted by molar-refractivity contribution is -0.629. The Labute approximate surface area is 382 Å². The van der Waals surface area contributed by atoms with Crippen LogP contribution in [0.25, 0.3) is 0 Å². The normalized spacial score (nSPS) is 42.5. The predicted molar refractivity (Wildman–Crippen MR) is 159 cm³/mol. The molecule has 8 bridgehead atoms. The summed E-state index contributed by atoms with van der Waals surface area (Å²) in [5, 5.41) is 0. The molecule has 8 aliphatic carbocycles. The van der Waals surface area contributed by atoms with Gasteiger partial charge in [0.25, 0.3) is 11.8 Å². The minimum Gasteiger partial charge on any atom is -0.453 e. The fourth-order valence-electron chi connectivity index (χ4n) is 10.7. The molecule has 74 heavy (non-hydrogen) atoms. The summed E-state index contributed by atoms with van der Waals surface area (Å²) in [6, 6.07) is 0. The first-order valence-corrected chi connectivity index (χ1v) is 18.6. The molecule has 0 radical (unpaired) electrons. The largest absolute Gasteiger partial charge is 0.453 e. The number of alkyl halides is 34. The first kappa shape index (κ1) is 59.2. The number of hydrogen-bond donors (Lipinski definition) is 0. The average Bonchev–Trinajstić information content (AvgIpc) is 3.22. The third kappa shape index (κ3) is 4.51. The first-order chi connectivity index (χ1) is 32.4. The molecular weight excluding hydrogens is 1150 g/mol. The zero-order chi connectivity index (χ0) is 58.4. The van der Waals surface area contributed by atoms with Gasteiger partial charge in [-0.15, -0.1) is 0 Å². The fraction of sp³-hybridized carbons (Fsp3) is 0.824. The summed E-state index contributed by atoms with van der Waals surface area (Å²) in [5.74, 6) is -125. The average molecular weight is 1170 g/mol. The van der Waals surface area contributed by atoms with Crippen LogP contribution >= 0.6 is 0 Å². The van der Waals surface area contributed by atoms with Crippen LogP contribution in [0.5, 0.6) is 0 Å². The molecule has 0 amide bonds. The molecule has 2 atom stereocenters. The lowest BCUT2D eigenvalue weighted by Gasteiger charge is -2.75. The SMILES string of the molecule is C=CC(=O)OC(COCC(F)(F)C12C(F)(F)C3(F)C(F)(F)C(F)(C(F)(F)C(F)(C3(F)F)C1(F)F)C2(F)F)C(COCC(F)(F)C12C(F)(F)C3(F)C(F)(F)C(F)(C(F)(F)C(F)(C3(F)F)C1(F)F)C2(F)F)OC(=O)C=C.